The van der Waals surface area contributed by atoms with Crippen LogP contribution in [-0.4, -0.2) is 89.9 Å². The van der Waals surface area contributed by atoms with Gasteiger partial charge < -0.3 is 34.9 Å². The van der Waals surface area contributed by atoms with Gasteiger partial charge in [-0.15, -0.1) is 11.8 Å². The minimum atomic E-state index is -1.11. The van der Waals surface area contributed by atoms with Gasteiger partial charge in [0.1, 0.15) is 24.2 Å². The summed E-state index contributed by atoms with van der Waals surface area (Å²) in [4.78, 5) is 71.8. The van der Waals surface area contributed by atoms with E-state index in [9.17, 15) is 28.8 Å². The predicted octanol–water partition coefficient (Wildman–Crippen LogP) is 3.70. The van der Waals surface area contributed by atoms with E-state index in [1.807, 2.05) is 6.92 Å². The van der Waals surface area contributed by atoms with Crippen molar-refractivity contribution in [2.24, 2.45) is 0 Å². The highest BCUT2D eigenvalue weighted by Gasteiger charge is 2.50. The molecule has 3 N–H and O–H groups in total. The molecular weight excluding hydrogens is 630 g/mol. The summed E-state index contributed by atoms with van der Waals surface area (Å²) in [7, 11) is 0. The van der Waals surface area contributed by atoms with Crippen molar-refractivity contribution in [2.75, 3.05) is 18.9 Å². The van der Waals surface area contributed by atoms with Crippen LogP contribution in [0.15, 0.2) is 0 Å². The third-order valence-corrected chi connectivity index (χ3v) is 9.08. The normalized spacial score (nSPS) is 21.9. The zero-order valence-electron chi connectivity index (χ0n) is 29.3. The highest BCUT2D eigenvalue weighted by Crippen LogP contribution is 2.33. The zero-order valence-corrected chi connectivity index (χ0v) is 30.1. The van der Waals surface area contributed by atoms with Crippen molar-refractivity contribution in [3.63, 3.8) is 0 Å². The van der Waals surface area contributed by atoms with Gasteiger partial charge in [0.25, 0.3) is 0 Å². The molecule has 1 aliphatic rings. The van der Waals surface area contributed by atoms with Crippen molar-refractivity contribution in [3.05, 3.63) is 0 Å². The van der Waals surface area contributed by atoms with Gasteiger partial charge in [-0.05, 0) is 51.2 Å². The van der Waals surface area contributed by atoms with Gasteiger partial charge in [0.05, 0.1) is 0 Å². The van der Waals surface area contributed by atoms with Gasteiger partial charge >= 0.3 is 17.9 Å². The summed E-state index contributed by atoms with van der Waals surface area (Å²) >= 11 is 1.41. The highest BCUT2D eigenvalue weighted by atomic mass is 32.2. The van der Waals surface area contributed by atoms with Crippen LogP contribution in [0.5, 0.6) is 0 Å². The van der Waals surface area contributed by atoms with Gasteiger partial charge in [0, 0.05) is 52.6 Å². The second-order valence-corrected chi connectivity index (χ2v) is 13.5. The van der Waals surface area contributed by atoms with Crippen LogP contribution in [0.25, 0.3) is 0 Å². The molecule has 1 rings (SSSR count). The minimum Gasteiger partial charge on any atom is -0.463 e. The van der Waals surface area contributed by atoms with E-state index in [-0.39, 0.29) is 29.9 Å². The SMILES string of the molecule is CCCC(=O)NC(C)(CC)CCCCCC(=O)NCCCCCS[C@@H]1OC(COC(C)=O)[C@H](OC(C)=O)C(OC(C)=O)C1NC(C)=O. The van der Waals surface area contributed by atoms with E-state index >= 15 is 0 Å². The lowest BCUT2D eigenvalue weighted by atomic mass is 9.91. The molecule has 1 saturated heterocycles. The molecule has 1 heterocycles. The fraction of sp³-hybridized carbons (Fsp3) is 0.818. The number of amides is 3. The Balaban J connectivity index is 2.53. The average Bonchev–Trinajstić information content (AvgIpc) is 2.97. The van der Waals surface area contributed by atoms with E-state index in [0.29, 0.717) is 25.1 Å². The summed E-state index contributed by atoms with van der Waals surface area (Å²) in [5.41, 5.74) is -0.888. The molecule has 3 amide bonds. The lowest BCUT2D eigenvalue weighted by Crippen LogP contribution is -2.65. The maximum atomic E-state index is 12.3. The van der Waals surface area contributed by atoms with Crippen LogP contribution in [0, 0.1) is 0 Å². The van der Waals surface area contributed by atoms with Crippen molar-refractivity contribution < 1.29 is 47.7 Å². The molecule has 6 atom stereocenters. The van der Waals surface area contributed by atoms with Crippen LogP contribution in [0.3, 0.4) is 0 Å². The largest absolute Gasteiger partial charge is 0.463 e. The Morgan fingerprint density at radius 1 is 0.787 bits per heavy atom. The van der Waals surface area contributed by atoms with Crippen LogP contribution in [-0.2, 0) is 47.7 Å². The van der Waals surface area contributed by atoms with Crippen LogP contribution in [0.2, 0.25) is 0 Å². The summed E-state index contributed by atoms with van der Waals surface area (Å²) in [5.74, 6) is -1.45. The third kappa shape index (κ3) is 17.7. The van der Waals surface area contributed by atoms with E-state index in [1.165, 1.54) is 39.5 Å². The summed E-state index contributed by atoms with van der Waals surface area (Å²) in [5, 5.41) is 8.90. The fourth-order valence-corrected chi connectivity index (χ4v) is 6.54. The Labute approximate surface area is 284 Å². The molecule has 0 saturated carbocycles. The first-order valence-corrected chi connectivity index (χ1v) is 17.9. The minimum absolute atomic E-state index is 0.0281. The molecule has 0 radical (unpaired) electrons. The maximum Gasteiger partial charge on any atom is 0.303 e. The van der Waals surface area contributed by atoms with E-state index in [4.69, 9.17) is 18.9 Å². The molecule has 0 aromatic carbocycles. The number of carbonyl (C=O) groups is 6. The summed E-state index contributed by atoms with van der Waals surface area (Å²) in [6, 6.07) is -0.825. The molecule has 0 aromatic heterocycles. The van der Waals surface area contributed by atoms with Crippen molar-refractivity contribution in [3.8, 4) is 0 Å². The molecule has 47 heavy (non-hydrogen) atoms. The van der Waals surface area contributed by atoms with Gasteiger partial charge in [-0.25, -0.2) is 0 Å². The Morgan fingerprint density at radius 2 is 1.45 bits per heavy atom. The first-order valence-electron chi connectivity index (χ1n) is 16.8. The first-order chi connectivity index (χ1) is 22.2. The number of rotatable bonds is 22. The van der Waals surface area contributed by atoms with Gasteiger partial charge in [0.2, 0.25) is 17.7 Å². The van der Waals surface area contributed by atoms with Gasteiger partial charge in [-0.2, -0.15) is 0 Å². The van der Waals surface area contributed by atoms with Gasteiger partial charge in [0.15, 0.2) is 12.2 Å². The molecule has 14 heteroatoms. The standard InChI is InChI=1S/C33H57N3O10S/c1-8-16-28(42)36-33(7,9-2)18-13-10-12-17-27(41)34-19-14-11-15-20-47-32-29(35-22(3)37)31(45-25(6)40)30(44-24(5)39)26(46-32)21-43-23(4)38/h26,29-32H,8-21H2,1-7H3,(H,34,41)(H,35,37)(H,36,42)/t26?,29?,30-,31?,32-,33?/m0/s1. The van der Waals surface area contributed by atoms with Gasteiger partial charge in [-0.3, -0.25) is 28.8 Å². The maximum absolute atomic E-state index is 12.3. The van der Waals surface area contributed by atoms with E-state index in [1.54, 1.807) is 0 Å². The van der Waals surface area contributed by atoms with Crippen molar-refractivity contribution in [1.82, 2.24) is 16.0 Å². The number of hydrogen-bond acceptors (Lipinski definition) is 11. The van der Waals surface area contributed by atoms with Crippen molar-refractivity contribution in [2.45, 2.75) is 154 Å². The molecule has 13 nitrogen and oxygen atoms in total. The lowest BCUT2D eigenvalue weighted by molar-refractivity contribution is -0.211. The summed E-state index contributed by atoms with van der Waals surface area (Å²) < 4.78 is 22.3. The van der Waals surface area contributed by atoms with E-state index < -0.39 is 47.7 Å². The topological polar surface area (TPSA) is 175 Å². The Kier molecular flexibility index (Phi) is 20.3. The number of thioether (sulfide) groups is 1. The number of carbonyl (C=O) groups excluding carboxylic acids is 6. The number of nitrogens with one attached hydrogen (secondary N) is 3. The molecule has 0 aromatic rings. The summed E-state index contributed by atoms with van der Waals surface area (Å²) in [6.45, 7) is 11.5. The first kappa shape index (κ1) is 42.2. The molecular formula is C33H57N3O10S. The van der Waals surface area contributed by atoms with Crippen molar-refractivity contribution >= 4 is 47.4 Å². The van der Waals surface area contributed by atoms with Crippen LogP contribution in [0.4, 0.5) is 0 Å². The second kappa shape index (κ2) is 22.7. The third-order valence-electron chi connectivity index (χ3n) is 7.83. The average molecular weight is 688 g/mol. The van der Waals surface area contributed by atoms with E-state index in [2.05, 4.69) is 29.8 Å². The Morgan fingerprint density at radius 3 is 2.04 bits per heavy atom. The number of esters is 3. The molecule has 4 unspecified atom stereocenters. The lowest BCUT2D eigenvalue weighted by Gasteiger charge is -2.45. The number of unbranched alkanes of at least 4 members (excludes halogenated alkanes) is 4. The van der Waals surface area contributed by atoms with Gasteiger partial charge in [-0.1, -0.05) is 33.1 Å². The molecule has 270 valence electrons. The van der Waals surface area contributed by atoms with Crippen LogP contribution < -0.4 is 16.0 Å². The van der Waals surface area contributed by atoms with Crippen LogP contribution >= 0.6 is 11.8 Å². The zero-order chi connectivity index (χ0) is 35.4. The predicted molar refractivity (Wildman–Crippen MR) is 178 cm³/mol. The van der Waals surface area contributed by atoms with Crippen molar-refractivity contribution in [1.29, 1.82) is 0 Å². The quantitative estimate of drug-likeness (QED) is 0.0860. The number of ether oxygens (including phenoxy) is 4. The van der Waals surface area contributed by atoms with Crippen LogP contribution in [0.1, 0.15) is 119 Å². The molecule has 1 fully saturated rings. The summed E-state index contributed by atoms with van der Waals surface area (Å²) in [6.07, 6.45) is 5.59. The molecule has 0 bridgehead atoms. The number of hydrogen-bond donors (Lipinski definition) is 3. The molecule has 0 spiro atoms. The highest BCUT2D eigenvalue weighted by molar-refractivity contribution is 7.99. The molecule has 0 aliphatic carbocycles. The van der Waals surface area contributed by atoms with E-state index in [0.717, 1.165) is 57.8 Å². The second-order valence-electron chi connectivity index (χ2n) is 12.3. The molecule has 1 aliphatic heterocycles. The Bertz CT molecular complexity index is 1030. The smallest absolute Gasteiger partial charge is 0.303 e. The fourth-order valence-electron chi connectivity index (χ4n) is 5.28. The monoisotopic (exact) mass is 687 g/mol. The Hall–Kier alpha value is -2.87.